The number of hydrogen-bond acceptors (Lipinski definition) is 9. The number of amides is 5. The molecule has 15 nitrogen and oxygen atoms in total. The lowest BCUT2D eigenvalue weighted by Crippen LogP contribution is -2.54. The van der Waals surface area contributed by atoms with Crippen LogP contribution in [0.5, 0.6) is 0 Å². The van der Waals surface area contributed by atoms with Gasteiger partial charge in [-0.2, -0.15) is 5.10 Å². The highest BCUT2D eigenvalue weighted by Gasteiger charge is 2.37. The number of nitrogens with zero attached hydrogens (tertiary/aromatic N) is 6. The summed E-state index contributed by atoms with van der Waals surface area (Å²) in [5.41, 5.74) is 0.164. The number of aromatic nitrogens is 2. The van der Waals surface area contributed by atoms with Crippen LogP contribution in [0.15, 0.2) is 23.7 Å². The van der Waals surface area contributed by atoms with Crippen LogP contribution in [0.4, 0.5) is 0 Å². The number of carbonyl (C=O) groups is 5. The Bertz CT molecular complexity index is 1160. The summed E-state index contributed by atoms with van der Waals surface area (Å²) in [4.78, 5) is 77.5. The van der Waals surface area contributed by atoms with E-state index in [1.54, 1.807) is 11.2 Å². The highest BCUT2D eigenvalue weighted by atomic mass is 16.2. The monoisotopic (exact) mass is 598 g/mol. The summed E-state index contributed by atoms with van der Waals surface area (Å²) in [7, 11) is 0. The zero-order chi connectivity index (χ0) is 30.6. The van der Waals surface area contributed by atoms with E-state index < -0.39 is 23.8 Å². The van der Waals surface area contributed by atoms with Gasteiger partial charge in [-0.3, -0.25) is 29.0 Å². The molecule has 0 aromatic carbocycles. The molecule has 3 heterocycles. The molecule has 0 spiro atoms. The van der Waals surface area contributed by atoms with Gasteiger partial charge < -0.3 is 36.5 Å². The van der Waals surface area contributed by atoms with Crippen molar-refractivity contribution in [2.24, 2.45) is 16.9 Å². The molecule has 234 valence electrons. The standard InChI is InChI=1S/C28H42N10O5/c29-34-19-36-11-3-4-20(17-36)15-33-24(39)14-22(35-25(40)18-37-12-2-1-5-26(37)41)28(43)38(21-6-7-21)13-10-32-27(42)23-16-30-8-9-31-23/h8-9,16,19-22H,1-7,10-15,17-18,29H2,(H,32,42)(H,33,39)(H,35,40)/t20-,22-/m0/s1. The summed E-state index contributed by atoms with van der Waals surface area (Å²) in [5, 5.41) is 12.0. The lowest BCUT2D eigenvalue weighted by atomic mass is 9.98. The van der Waals surface area contributed by atoms with Crippen molar-refractivity contribution in [3.05, 3.63) is 24.3 Å². The molecule has 4 rings (SSSR count). The Morgan fingerprint density at radius 2 is 1.93 bits per heavy atom. The van der Waals surface area contributed by atoms with Gasteiger partial charge in [0.2, 0.25) is 23.6 Å². The number of likely N-dealkylation sites (tertiary alicyclic amines) is 2. The van der Waals surface area contributed by atoms with E-state index in [2.05, 4.69) is 31.0 Å². The van der Waals surface area contributed by atoms with E-state index in [9.17, 15) is 24.0 Å². The third-order valence-electron chi connectivity index (χ3n) is 7.85. The molecule has 1 saturated carbocycles. The van der Waals surface area contributed by atoms with E-state index in [1.165, 1.54) is 23.5 Å². The Balaban J connectivity index is 1.37. The first-order valence-electron chi connectivity index (χ1n) is 15.0. The molecule has 2 saturated heterocycles. The van der Waals surface area contributed by atoms with Crippen LogP contribution in [0.25, 0.3) is 0 Å². The first-order valence-corrected chi connectivity index (χ1v) is 15.0. The fourth-order valence-electron chi connectivity index (χ4n) is 5.48. The zero-order valence-corrected chi connectivity index (χ0v) is 24.4. The van der Waals surface area contributed by atoms with Gasteiger partial charge in [-0.25, -0.2) is 4.98 Å². The Labute approximate surface area is 251 Å². The van der Waals surface area contributed by atoms with Gasteiger partial charge in [-0.1, -0.05) is 0 Å². The summed E-state index contributed by atoms with van der Waals surface area (Å²) >= 11 is 0. The molecule has 0 bridgehead atoms. The summed E-state index contributed by atoms with van der Waals surface area (Å²) in [6, 6.07) is -1.15. The van der Waals surface area contributed by atoms with Crippen LogP contribution in [-0.2, 0) is 19.2 Å². The second-order valence-corrected chi connectivity index (χ2v) is 11.3. The van der Waals surface area contributed by atoms with E-state index in [-0.39, 0.29) is 55.5 Å². The molecular formula is C28H42N10O5. The maximum Gasteiger partial charge on any atom is 0.271 e. The molecule has 43 heavy (non-hydrogen) atoms. The van der Waals surface area contributed by atoms with Crippen molar-refractivity contribution in [3.63, 3.8) is 0 Å². The minimum Gasteiger partial charge on any atom is -0.361 e. The van der Waals surface area contributed by atoms with Crippen molar-refractivity contribution in [2.45, 2.75) is 63.5 Å². The Morgan fingerprint density at radius 1 is 1.09 bits per heavy atom. The van der Waals surface area contributed by atoms with Crippen molar-refractivity contribution >= 4 is 35.9 Å². The first kappa shape index (κ1) is 31.6. The molecule has 5 amide bonds. The van der Waals surface area contributed by atoms with Crippen LogP contribution in [-0.4, -0.2) is 118 Å². The van der Waals surface area contributed by atoms with E-state index in [0.717, 1.165) is 45.1 Å². The van der Waals surface area contributed by atoms with E-state index >= 15 is 0 Å². The number of nitrogens with one attached hydrogen (secondary N) is 3. The Hall–Kier alpha value is -4.30. The third kappa shape index (κ3) is 9.89. The maximum atomic E-state index is 13.8. The molecule has 3 fully saturated rings. The van der Waals surface area contributed by atoms with Gasteiger partial charge in [0.25, 0.3) is 5.91 Å². The van der Waals surface area contributed by atoms with Crippen LogP contribution in [0.2, 0.25) is 0 Å². The smallest absolute Gasteiger partial charge is 0.271 e. The van der Waals surface area contributed by atoms with Crippen LogP contribution in [0, 0.1) is 5.92 Å². The van der Waals surface area contributed by atoms with Gasteiger partial charge in [0.05, 0.1) is 19.2 Å². The molecule has 1 aromatic heterocycles. The van der Waals surface area contributed by atoms with Gasteiger partial charge in [0, 0.05) is 64.1 Å². The van der Waals surface area contributed by atoms with Crippen molar-refractivity contribution in [1.29, 1.82) is 0 Å². The van der Waals surface area contributed by atoms with Crippen LogP contribution < -0.4 is 21.8 Å². The molecule has 1 aromatic rings. The largest absolute Gasteiger partial charge is 0.361 e. The lowest BCUT2D eigenvalue weighted by molar-refractivity contribution is -0.141. The molecule has 5 N–H and O–H groups in total. The van der Waals surface area contributed by atoms with Gasteiger partial charge in [-0.05, 0) is 44.4 Å². The maximum absolute atomic E-state index is 13.8. The second kappa shape index (κ2) is 15.8. The summed E-state index contributed by atoms with van der Waals surface area (Å²) < 4.78 is 0. The van der Waals surface area contributed by atoms with Crippen molar-refractivity contribution < 1.29 is 24.0 Å². The molecule has 1 aliphatic carbocycles. The predicted octanol–water partition coefficient (Wildman–Crippen LogP) is -1.18. The van der Waals surface area contributed by atoms with Gasteiger partial charge >= 0.3 is 0 Å². The van der Waals surface area contributed by atoms with Crippen molar-refractivity contribution in [1.82, 2.24) is 40.6 Å². The van der Waals surface area contributed by atoms with Crippen molar-refractivity contribution in [2.75, 3.05) is 45.8 Å². The SMILES string of the molecule is NN=CN1CCC[C@@H](CNC(=O)C[C@H](NC(=O)CN2CCCCC2=O)C(=O)N(CCNC(=O)c2cnccn2)C2CC2)C1. The number of piperidine rings is 2. The van der Waals surface area contributed by atoms with E-state index in [0.29, 0.717) is 26.1 Å². The molecule has 15 heteroatoms. The number of nitrogens with two attached hydrogens (primary N) is 1. The average molecular weight is 599 g/mol. The lowest BCUT2D eigenvalue weighted by Gasteiger charge is -2.31. The molecule has 2 aliphatic heterocycles. The normalized spacial score (nSPS) is 19.5. The Morgan fingerprint density at radius 3 is 2.65 bits per heavy atom. The highest BCUT2D eigenvalue weighted by Crippen LogP contribution is 2.27. The van der Waals surface area contributed by atoms with Crippen LogP contribution in [0.3, 0.4) is 0 Å². The molecule has 3 aliphatic rings. The first-order chi connectivity index (χ1) is 20.8. The topological polar surface area (TPSA) is 195 Å². The number of hydrogen-bond donors (Lipinski definition) is 4. The average Bonchev–Trinajstić information content (AvgIpc) is 3.85. The molecule has 0 unspecified atom stereocenters. The number of hydrazone groups is 1. The fraction of sp³-hybridized carbons (Fsp3) is 0.643. The summed E-state index contributed by atoms with van der Waals surface area (Å²) in [6.45, 7) is 2.67. The molecule has 2 atom stereocenters. The summed E-state index contributed by atoms with van der Waals surface area (Å²) in [5.74, 6) is 3.73. The predicted molar refractivity (Wildman–Crippen MR) is 156 cm³/mol. The molecule has 0 radical (unpaired) electrons. The highest BCUT2D eigenvalue weighted by molar-refractivity contribution is 5.94. The Kier molecular flexibility index (Phi) is 11.6. The van der Waals surface area contributed by atoms with Crippen LogP contribution >= 0.6 is 0 Å². The molecular weight excluding hydrogens is 556 g/mol. The fourth-order valence-corrected chi connectivity index (χ4v) is 5.48. The minimum absolute atomic E-state index is 0.0375. The van der Waals surface area contributed by atoms with Crippen LogP contribution in [0.1, 0.15) is 61.9 Å². The third-order valence-corrected chi connectivity index (χ3v) is 7.85. The minimum atomic E-state index is -1.11. The van der Waals surface area contributed by atoms with Gasteiger partial charge in [0.1, 0.15) is 18.1 Å². The number of carbonyl (C=O) groups excluding carboxylic acids is 5. The van der Waals surface area contributed by atoms with Crippen molar-refractivity contribution in [3.8, 4) is 0 Å². The second-order valence-electron chi connectivity index (χ2n) is 11.3. The van der Waals surface area contributed by atoms with Gasteiger partial charge in [-0.15, -0.1) is 0 Å². The van der Waals surface area contributed by atoms with E-state index in [1.807, 2.05) is 4.90 Å². The quantitative estimate of drug-likeness (QED) is 0.0882. The number of rotatable bonds is 14. The summed E-state index contributed by atoms with van der Waals surface area (Å²) in [6.07, 6.45) is 11.1. The van der Waals surface area contributed by atoms with Gasteiger partial charge in [0.15, 0.2) is 0 Å². The zero-order valence-electron chi connectivity index (χ0n) is 24.4. The van der Waals surface area contributed by atoms with E-state index in [4.69, 9.17) is 5.84 Å².